The van der Waals surface area contributed by atoms with Gasteiger partial charge in [0.25, 0.3) is 11.6 Å². The van der Waals surface area contributed by atoms with E-state index in [1.54, 1.807) is 0 Å². The predicted molar refractivity (Wildman–Crippen MR) is 82.2 cm³/mol. The summed E-state index contributed by atoms with van der Waals surface area (Å²) in [6.45, 7) is 0. The van der Waals surface area contributed by atoms with Crippen LogP contribution in [-0.2, 0) is 19.1 Å². The maximum Gasteiger partial charge on any atom is 0.328 e. The molecule has 1 unspecified atom stereocenters. The van der Waals surface area contributed by atoms with E-state index in [9.17, 15) is 24.5 Å². The second-order valence-electron chi connectivity index (χ2n) is 4.82. The van der Waals surface area contributed by atoms with Gasteiger partial charge >= 0.3 is 11.9 Å². The smallest absolute Gasteiger partial charge is 0.328 e. The number of rotatable bonds is 8. The van der Waals surface area contributed by atoms with Crippen LogP contribution in [0.2, 0.25) is 0 Å². The summed E-state index contributed by atoms with van der Waals surface area (Å²) in [6.07, 6.45) is 0.630. The molecule has 1 aromatic rings. The zero-order valence-electron chi connectivity index (χ0n) is 13.3. The monoisotopic (exact) mass is 338 g/mol. The Morgan fingerprint density at radius 1 is 1.17 bits per heavy atom. The molecule has 1 aromatic carbocycles. The van der Waals surface area contributed by atoms with Crippen LogP contribution in [0.5, 0.6) is 0 Å². The molecule has 9 nitrogen and oxygen atoms in total. The van der Waals surface area contributed by atoms with Crippen molar-refractivity contribution in [2.75, 3.05) is 14.2 Å². The number of benzene rings is 1. The molecule has 0 aromatic heterocycles. The fraction of sp³-hybridized carbons (Fsp3) is 0.400. The molecule has 130 valence electrons. The number of amides is 1. The van der Waals surface area contributed by atoms with E-state index in [0.717, 1.165) is 0 Å². The van der Waals surface area contributed by atoms with Gasteiger partial charge in [0, 0.05) is 24.1 Å². The summed E-state index contributed by atoms with van der Waals surface area (Å²) in [5, 5.41) is 13.1. The van der Waals surface area contributed by atoms with Crippen LogP contribution < -0.4 is 5.32 Å². The number of hydrogen-bond acceptors (Lipinski definition) is 7. The van der Waals surface area contributed by atoms with E-state index in [1.807, 2.05) is 0 Å². The van der Waals surface area contributed by atoms with Crippen molar-refractivity contribution in [1.29, 1.82) is 0 Å². The van der Waals surface area contributed by atoms with Gasteiger partial charge in [-0.05, 0) is 25.0 Å². The molecule has 0 aliphatic rings. The predicted octanol–water partition coefficient (Wildman–Crippen LogP) is 1.21. The van der Waals surface area contributed by atoms with Crippen molar-refractivity contribution in [2.24, 2.45) is 0 Å². The van der Waals surface area contributed by atoms with Gasteiger partial charge in [-0.15, -0.1) is 0 Å². The Morgan fingerprint density at radius 3 is 2.29 bits per heavy atom. The molecule has 1 rings (SSSR count). The van der Waals surface area contributed by atoms with Gasteiger partial charge < -0.3 is 14.8 Å². The third-order valence-corrected chi connectivity index (χ3v) is 3.23. The average Bonchev–Trinajstić information content (AvgIpc) is 2.59. The summed E-state index contributed by atoms with van der Waals surface area (Å²) in [7, 11) is 2.45. The van der Waals surface area contributed by atoms with Gasteiger partial charge in [-0.2, -0.15) is 0 Å². The minimum absolute atomic E-state index is 0.109. The lowest BCUT2D eigenvalue weighted by Crippen LogP contribution is -2.41. The van der Waals surface area contributed by atoms with Gasteiger partial charge in [0.15, 0.2) is 0 Å². The Hall–Kier alpha value is -2.97. The standard InChI is InChI=1S/C15H18N2O7/c1-23-13(18)5-3-4-12(15(20)24-2)16-14(19)10-6-8-11(9-7-10)17(21)22/h6-9,12H,3-5H2,1-2H3,(H,16,19). The second-order valence-corrected chi connectivity index (χ2v) is 4.82. The van der Waals surface area contributed by atoms with Crippen LogP contribution in [0.25, 0.3) is 0 Å². The summed E-state index contributed by atoms with van der Waals surface area (Å²) in [6, 6.07) is 4.04. The van der Waals surface area contributed by atoms with E-state index >= 15 is 0 Å². The van der Waals surface area contributed by atoms with Crippen LogP contribution in [-0.4, -0.2) is 43.0 Å². The first kappa shape index (κ1) is 19.1. The summed E-state index contributed by atoms with van der Waals surface area (Å²) < 4.78 is 9.13. The summed E-state index contributed by atoms with van der Waals surface area (Å²) in [5.74, 6) is -1.63. The molecule has 0 heterocycles. The van der Waals surface area contributed by atoms with Gasteiger partial charge in [-0.25, -0.2) is 4.79 Å². The molecule has 0 spiro atoms. The molecule has 0 saturated heterocycles. The number of carbonyl (C=O) groups is 3. The molecular weight excluding hydrogens is 320 g/mol. The molecule has 0 aliphatic heterocycles. The van der Waals surface area contributed by atoms with Crippen molar-refractivity contribution in [3.05, 3.63) is 39.9 Å². The number of hydrogen-bond donors (Lipinski definition) is 1. The van der Waals surface area contributed by atoms with Gasteiger partial charge in [0.2, 0.25) is 0 Å². The topological polar surface area (TPSA) is 125 Å². The lowest BCUT2D eigenvalue weighted by Gasteiger charge is -2.16. The minimum Gasteiger partial charge on any atom is -0.469 e. The molecule has 1 N–H and O–H groups in total. The molecule has 1 atom stereocenters. The van der Waals surface area contributed by atoms with Gasteiger partial charge in [-0.1, -0.05) is 0 Å². The Morgan fingerprint density at radius 2 is 1.79 bits per heavy atom. The Bertz CT molecular complexity index is 613. The first-order valence-corrected chi connectivity index (χ1v) is 7.09. The van der Waals surface area contributed by atoms with Crippen molar-refractivity contribution in [2.45, 2.75) is 25.3 Å². The third kappa shape index (κ3) is 5.67. The highest BCUT2D eigenvalue weighted by molar-refractivity contribution is 5.96. The molecule has 0 radical (unpaired) electrons. The highest BCUT2D eigenvalue weighted by Crippen LogP contribution is 2.12. The van der Waals surface area contributed by atoms with Crippen molar-refractivity contribution < 1.29 is 28.8 Å². The maximum absolute atomic E-state index is 12.1. The Labute approximate surface area is 138 Å². The molecule has 24 heavy (non-hydrogen) atoms. The van der Waals surface area contributed by atoms with Crippen LogP contribution in [0, 0.1) is 10.1 Å². The zero-order valence-corrected chi connectivity index (χ0v) is 13.3. The molecule has 1 amide bonds. The van der Waals surface area contributed by atoms with Crippen LogP contribution in [0.1, 0.15) is 29.6 Å². The Kier molecular flexibility index (Phi) is 7.34. The molecular formula is C15H18N2O7. The van der Waals surface area contributed by atoms with Crippen molar-refractivity contribution >= 4 is 23.5 Å². The van der Waals surface area contributed by atoms with E-state index in [0.29, 0.717) is 6.42 Å². The first-order valence-electron chi connectivity index (χ1n) is 7.09. The molecule has 0 bridgehead atoms. The van der Waals surface area contributed by atoms with Crippen molar-refractivity contribution in [3.63, 3.8) is 0 Å². The van der Waals surface area contributed by atoms with Gasteiger partial charge in [-0.3, -0.25) is 19.7 Å². The third-order valence-electron chi connectivity index (χ3n) is 3.23. The van der Waals surface area contributed by atoms with E-state index in [4.69, 9.17) is 0 Å². The zero-order chi connectivity index (χ0) is 18.1. The molecule has 9 heteroatoms. The number of nitrogens with zero attached hydrogens (tertiary/aromatic N) is 1. The summed E-state index contributed by atoms with van der Waals surface area (Å²) >= 11 is 0. The number of ether oxygens (including phenoxy) is 2. The molecule has 0 fully saturated rings. The second kappa shape index (κ2) is 9.23. The number of non-ortho nitro benzene ring substituents is 1. The van der Waals surface area contributed by atoms with Gasteiger partial charge in [0.05, 0.1) is 19.1 Å². The molecule has 0 saturated carbocycles. The van der Waals surface area contributed by atoms with Crippen LogP contribution >= 0.6 is 0 Å². The summed E-state index contributed by atoms with van der Waals surface area (Å²) in [5.41, 5.74) is 0.0246. The highest BCUT2D eigenvalue weighted by atomic mass is 16.6. The van der Waals surface area contributed by atoms with E-state index in [-0.39, 0.29) is 24.1 Å². The number of nitrogens with one attached hydrogen (secondary N) is 1. The number of nitro groups is 1. The maximum atomic E-state index is 12.1. The Balaban J connectivity index is 2.70. The summed E-state index contributed by atoms with van der Waals surface area (Å²) in [4.78, 5) is 45.0. The normalized spacial score (nSPS) is 11.2. The van der Waals surface area contributed by atoms with Crippen molar-refractivity contribution in [3.8, 4) is 0 Å². The van der Waals surface area contributed by atoms with E-state index in [1.165, 1.54) is 38.5 Å². The SMILES string of the molecule is COC(=O)CCCC(NC(=O)c1ccc([N+](=O)[O-])cc1)C(=O)OC. The van der Waals surface area contributed by atoms with E-state index in [2.05, 4.69) is 14.8 Å². The quantitative estimate of drug-likeness (QED) is 0.429. The van der Waals surface area contributed by atoms with Crippen LogP contribution in [0.4, 0.5) is 5.69 Å². The fourth-order valence-electron chi connectivity index (χ4n) is 1.92. The van der Waals surface area contributed by atoms with Crippen molar-refractivity contribution in [1.82, 2.24) is 5.32 Å². The number of esters is 2. The lowest BCUT2D eigenvalue weighted by molar-refractivity contribution is -0.384. The largest absolute Gasteiger partial charge is 0.469 e. The van der Waals surface area contributed by atoms with E-state index < -0.39 is 28.8 Å². The number of nitro benzene ring substituents is 1. The van der Waals surface area contributed by atoms with Crippen LogP contribution in [0.3, 0.4) is 0 Å². The highest BCUT2D eigenvalue weighted by Gasteiger charge is 2.22. The minimum atomic E-state index is -0.928. The first-order chi connectivity index (χ1) is 11.4. The number of methoxy groups -OCH3 is 2. The van der Waals surface area contributed by atoms with Crippen LogP contribution in [0.15, 0.2) is 24.3 Å². The fourth-order valence-corrected chi connectivity index (χ4v) is 1.92. The lowest BCUT2D eigenvalue weighted by atomic mass is 10.1. The molecule has 0 aliphatic carbocycles. The average molecular weight is 338 g/mol. The number of carbonyl (C=O) groups excluding carboxylic acids is 3. The van der Waals surface area contributed by atoms with Gasteiger partial charge in [0.1, 0.15) is 6.04 Å².